The van der Waals surface area contributed by atoms with Crippen molar-refractivity contribution < 1.29 is 4.79 Å². The van der Waals surface area contributed by atoms with Crippen LogP contribution in [-0.4, -0.2) is 48.3 Å². The van der Waals surface area contributed by atoms with Crippen molar-refractivity contribution in [1.82, 2.24) is 9.80 Å². The van der Waals surface area contributed by atoms with Crippen LogP contribution in [0.1, 0.15) is 11.1 Å². The zero-order valence-corrected chi connectivity index (χ0v) is 15.6. The van der Waals surface area contributed by atoms with E-state index >= 15 is 0 Å². The molecule has 0 radical (unpaired) electrons. The van der Waals surface area contributed by atoms with Gasteiger partial charge in [0.2, 0.25) is 0 Å². The Kier molecular flexibility index (Phi) is 6.16. The van der Waals surface area contributed by atoms with Crippen LogP contribution in [0, 0.1) is 11.3 Å². The predicted molar refractivity (Wildman–Crippen MR) is 105 cm³/mol. The van der Waals surface area contributed by atoms with Crippen LogP contribution in [0.25, 0.3) is 0 Å². The molecule has 0 saturated carbocycles. The van der Waals surface area contributed by atoms with Gasteiger partial charge in [-0.15, -0.1) is 11.8 Å². The summed E-state index contributed by atoms with van der Waals surface area (Å²) >= 11 is 1.68. The summed E-state index contributed by atoms with van der Waals surface area (Å²) in [4.78, 5) is 17.8. The highest BCUT2D eigenvalue weighted by molar-refractivity contribution is 7.98. The number of carbonyl (C=O) groups excluding carboxylic acids is 1. The normalized spacial score (nSPS) is 14.7. The molecule has 1 heterocycles. The van der Waals surface area contributed by atoms with E-state index in [0.29, 0.717) is 18.7 Å². The number of hydrogen-bond acceptors (Lipinski definition) is 4. The Labute approximate surface area is 158 Å². The maximum absolute atomic E-state index is 12.4. The van der Waals surface area contributed by atoms with Crippen molar-refractivity contribution in [2.45, 2.75) is 11.4 Å². The molecule has 1 fully saturated rings. The zero-order chi connectivity index (χ0) is 18.4. The number of nitriles is 1. The molecule has 1 aliphatic heterocycles. The third-order valence-electron chi connectivity index (χ3n) is 4.49. The third kappa shape index (κ3) is 4.78. The monoisotopic (exact) mass is 366 g/mol. The van der Waals surface area contributed by atoms with E-state index in [-0.39, 0.29) is 6.03 Å². The molecule has 1 saturated heterocycles. The first kappa shape index (κ1) is 18.3. The van der Waals surface area contributed by atoms with Crippen LogP contribution in [0.15, 0.2) is 53.4 Å². The highest BCUT2D eigenvalue weighted by atomic mass is 32.2. The minimum absolute atomic E-state index is 0.0417. The molecule has 6 heteroatoms. The Morgan fingerprint density at radius 3 is 2.31 bits per heavy atom. The van der Waals surface area contributed by atoms with Gasteiger partial charge in [0.05, 0.1) is 11.6 Å². The van der Waals surface area contributed by atoms with Gasteiger partial charge < -0.3 is 10.2 Å². The molecule has 0 aromatic heterocycles. The van der Waals surface area contributed by atoms with Gasteiger partial charge in [0.15, 0.2) is 0 Å². The van der Waals surface area contributed by atoms with Gasteiger partial charge in [-0.25, -0.2) is 4.79 Å². The van der Waals surface area contributed by atoms with E-state index in [1.807, 2.05) is 59.7 Å². The van der Waals surface area contributed by atoms with Crippen LogP contribution in [-0.2, 0) is 6.54 Å². The summed E-state index contributed by atoms with van der Waals surface area (Å²) in [6.07, 6.45) is 2.03. The van der Waals surface area contributed by atoms with E-state index in [0.717, 1.165) is 25.3 Å². The Morgan fingerprint density at radius 1 is 1.08 bits per heavy atom. The average molecular weight is 366 g/mol. The van der Waals surface area contributed by atoms with E-state index in [9.17, 15) is 4.79 Å². The molecule has 0 spiro atoms. The van der Waals surface area contributed by atoms with Crippen LogP contribution >= 0.6 is 11.8 Å². The fourth-order valence-corrected chi connectivity index (χ4v) is 3.34. The van der Waals surface area contributed by atoms with Gasteiger partial charge in [-0.05, 0) is 48.2 Å². The van der Waals surface area contributed by atoms with Crippen molar-refractivity contribution in [3.63, 3.8) is 0 Å². The summed E-state index contributed by atoms with van der Waals surface area (Å²) < 4.78 is 0. The number of rotatable bonds is 4. The van der Waals surface area contributed by atoms with Crippen LogP contribution in [0.5, 0.6) is 0 Å². The number of hydrogen-bond donors (Lipinski definition) is 1. The van der Waals surface area contributed by atoms with Gasteiger partial charge in [0, 0.05) is 43.3 Å². The number of nitrogens with zero attached hydrogens (tertiary/aromatic N) is 3. The van der Waals surface area contributed by atoms with Crippen LogP contribution in [0.2, 0.25) is 0 Å². The summed E-state index contributed by atoms with van der Waals surface area (Å²) in [7, 11) is 0. The fourth-order valence-electron chi connectivity index (χ4n) is 2.93. The first-order valence-electron chi connectivity index (χ1n) is 8.59. The molecular weight excluding hydrogens is 344 g/mol. The van der Waals surface area contributed by atoms with Gasteiger partial charge in [-0.1, -0.05) is 12.1 Å². The van der Waals surface area contributed by atoms with Crippen molar-refractivity contribution in [2.24, 2.45) is 0 Å². The summed E-state index contributed by atoms with van der Waals surface area (Å²) in [5.41, 5.74) is 2.70. The highest BCUT2D eigenvalue weighted by Gasteiger charge is 2.21. The summed E-state index contributed by atoms with van der Waals surface area (Å²) in [6, 6.07) is 17.7. The smallest absolute Gasteiger partial charge is 0.321 e. The summed E-state index contributed by atoms with van der Waals surface area (Å²) in [5, 5.41) is 11.8. The number of benzene rings is 2. The minimum atomic E-state index is -0.0417. The second-order valence-corrected chi connectivity index (χ2v) is 7.11. The lowest BCUT2D eigenvalue weighted by atomic mass is 10.1. The topological polar surface area (TPSA) is 59.4 Å². The van der Waals surface area contributed by atoms with E-state index in [1.54, 1.807) is 11.8 Å². The predicted octanol–water partition coefficient (Wildman–Crippen LogP) is 3.63. The average Bonchev–Trinajstić information content (AvgIpc) is 2.69. The lowest BCUT2D eigenvalue weighted by molar-refractivity contribution is 0.143. The van der Waals surface area contributed by atoms with E-state index in [4.69, 9.17) is 5.26 Å². The molecule has 26 heavy (non-hydrogen) atoms. The van der Waals surface area contributed by atoms with Crippen LogP contribution in [0.4, 0.5) is 10.5 Å². The Morgan fingerprint density at radius 2 is 1.73 bits per heavy atom. The van der Waals surface area contributed by atoms with E-state index < -0.39 is 0 Å². The Hall–Kier alpha value is -2.49. The van der Waals surface area contributed by atoms with Gasteiger partial charge in [0.1, 0.15) is 0 Å². The number of urea groups is 1. The second-order valence-electron chi connectivity index (χ2n) is 6.23. The molecule has 5 nitrogen and oxygen atoms in total. The molecule has 0 bridgehead atoms. The quantitative estimate of drug-likeness (QED) is 0.840. The van der Waals surface area contributed by atoms with Crippen molar-refractivity contribution >= 4 is 23.5 Å². The SMILES string of the molecule is CSc1ccc(NC(=O)N2CCN(Cc3ccc(C#N)cc3)CC2)cc1. The third-order valence-corrected chi connectivity index (χ3v) is 5.23. The van der Waals surface area contributed by atoms with Gasteiger partial charge >= 0.3 is 6.03 Å². The molecule has 2 aromatic rings. The highest BCUT2D eigenvalue weighted by Crippen LogP contribution is 2.18. The van der Waals surface area contributed by atoms with Crippen molar-refractivity contribution in [3.8, 4) is 6.07 Å². The number of amides is 2. The molecular formula is C20H22N4OS. The molecule has 134 valence electrons. The Bertz CT molecular complexity index is 775. The number of anilines is 1. The molecule has 0 atom stereocenters. The first-order valence-corrected chi connectivity index (χ1v) is 9.82. The van der Waals surface area contributed by atoms with Gasteiger partial charge in [-0.3, -0.25) is 4.90 Å². The van der Waals surface area contributed by atoms with Crippen LogP contribution < -0.4 is 5.32 Å². The number of thioether (sulfide) groups is 1. The largest absolute Gasteiger partial charge is 0.322 e. The lowest BCUT2D eigenvalue weighted by Crippen LogP contribution is -2.49. The minimum Gasteiger partial charge on any atom is -0.322 e. The summed E-state index contributed by atoms with van der Waals surface area (Å²) in [6.45, 7) is 3.96. The van der Waals surface area contributed by atoms with Gasteiger partial charge in [-0.2, -0.15) is 5.26 Å². The summed E-state index contributed by atoms with van der Waals surface area (Å²) in [5.74, 6) is 0. The molecule has 2 aromatic carbocycles. The molecule has 2 amide bonds. The number of piperazine rings is 1. The Balaban J connectivity index is 1.47. The van der Waals surface area contributed by atoms with Crippen LogP contribution in [0.3, 0.4) is 0 Å². The fraction of sp³-hybridized carbons (Fsp3) is 0.300. The second kappa shape index (κ2) is 8.75. The number of nitrogens with one attached hydrogen (secondary N) is 1. The molecule has 3 rings (SSSR count). The zero-order valence-electron chi connectivity index (χ0n) is 14.8. The van der Waals surface area contributed by atoms with Crippen molar-refractivity contribution in [2.75, 3.05) is 37.8 Å². The standard InChI is InChI=1S/C20H22N4OS/c1-26-19-8-6-18(7-9-19)22-20(25)24-12-10-23(11-13-24)15-17-4-2-16(14-21)3-5-17/h2-9H,10-13,15H2,1H3,(H,22,25). The van der Waals surface area contributed by atoms with Crippen molar-refractivity contribution in [1.29, 1.82) is 5.26 Å². The molecule has 0 aliphatic carbocycles. The van der Waals surface area contributed by atoms with E-state index in [2.05, 4.69) is 16.3 Å². The van der Waals surface area contributed by atoms with E-state index in [1.165, 1.54) is 10.5 Å². The maximum atomic E-state index is 12.4. The number of carbonyl (C=O) groups is 1. The first-order chi connectivity index (χ1) is 12.7. The molecule has 1 aliphatic rings. The van der Waals surface area contributed by atoms with Crippen molar-refractivity contribution in [3.05, 3.63) is 59.7 Å². The maximum Gasteiger partial charge on any atom is 0.321 e. The lowest BCUT2D eigenvalue weighted by Gasteiger charge is -2.34. The van der Waals surface area contributed by atoms with Gasteiger partial charge in [0.25, 0.3) is 0 Å². The molecule has 0 unspecified atom stereocenters. The molecule has 1 N–H and O–H groups in total.